The van der Waals surface area contributed by atoms with E-state index in [2.05, 4.69) is 10.3 Å². The number of primary amides is 1. The van der Waals surface area contributed by atoms with Gasteiger partial charge in [-0.3, -0.25) is 9.59 Å². The summed E-state index contributed by atoms with van der Waals surface area (Å²) >= 11 is 2.48. The molecule has 3 aromatic heterocycles. The van der Waals surface area contributed by atoms with Crippen LogP contribution in [0.15, 0.2) is 47.8 Å². The van der Waals surface area contributed by atoms with Crippen LogP contribution in [0.1, 0.15) is 25.7 Å². The first-order valence-corrected chi connectivity index (χ1v) is 10.1. The normalized spacial score (nSPS) is 10.9. The summed E-state index contributed by atoms with van der Waals surface area (Å²) in [6, 6.07) is 13.1. The van der Waals surface area contributed by atoms with Gasteiger partial charge in [0.1, 0.15) is 14.7 Å². The van der Waals surface area contributed by atoms with Gasteiger partial charge in [-0.15, -0.1) is 22.7 Å². The largest absolute Gasteiger partial charge is 0.397 e. The second-order valence-electron chi connectivity index (χ2n) is 6.19. The lowest BCUT2D eigenvalue weighted by molar-refractivity contribution is 0.100. The molecule has 0 radical (unpaired) electrons. The molecule has 0 aliphatic rings. The summed E-state index contributed by atoms with van der Waals surface area (Å²) in [6.07, 6.45) is 0. The Morgan fingerprint density at radius 2 is 1.86 bits per heavy atom. The van der Waals surface area contributed by atoms with Crippen LogP contribution < -0.4 is 16.8 Å². The summed E-state index contributed by atoms with van der Waals surface area (Å²) in [7, 11) is 0. The van der Waals surface area contributed by atoms with Crippen molar-refractivity contribution < 1.29 is 9.59 Å². The minimum absolute atomic E-state index is 0.290. The molecule has 2 amide bonds. The Balaban J connectivity index is 1.72. The number of fused-ring (bicyclic) bond motifs is 1. The molecule has 1 aromatic carbocycles. The summed E-state index contributed by atoms with van der Waals surface area (Å²) in [4.78, 5) is 30.4. The second kappa shape index (κ2) is 7.06. The number of aryl methyl sites for hydroxylation is 1. The van der Waals surface area contributed by atoms with Gasteiger partial charge in [-0.2, -0.15) is 0 Å². The highest BCUT2D eigenvalue weighted by Crippen LogP contribution is 2.37. The van der Waals surface area contributed by atoms with Crippen LogP contribution in [0.5, 0.6) is 0 Å². The topological polar surface area (TPSA) is 111 Å². The number of nitrogens with zero attached hydrogens (tertiary/aromatic N) is 1. The van der Waals surface area contributed by atoms with E-state index in [1.54, 1.807) is 0 Å². The summed E-state index contributed by atoms with van der Waals surface area (Å²) < 4.78 is 0. The van der Waals surface area contributed by atoms with Gasteiger partial charge in [0.05, 0.1) is 11.3 Å². The zero-order valence-corrected chi connectivity index (χ0v) is 16.5. The van der Waals surface area contributed by atoms with Crippen molar-refractivity contribution in [1.82, 2.24) is 4.98 Å². The number of carbonyl (C=O) groups is 2. The minimum atomic E-state index is -0.600. The average Bonchev–Trinajstić information content (AvgIpc) is 3.23. The van der Waals surface area contributed by atoms with Crippen molar-refractivity contribution in [3.8, 4) is 11.1 Å². The Labute approximate surface area is 168 Å². The van der Waals surface area contributed by atoms with E-state index in [-0.39, 0.29) is 5.91 Å². The van der Waals surface area contributed by atoms with Gasteiger partial charge in [-0.1, -0.05) is 30.3 Å². The van der Waals surface area contributed by atoms with Crippen LogP contribution in [0.3, 0.4) is 0 Å². The number of nitrogens with two attached hydrogens (primary N) is 2. The number of rotatable bonds is 4. The van der Waals surface area contributed by atoms with Crippen molar-refractivity contribution in [3.63, 3.8) is 0 Å². The molecular weight excluding hydrogens is 392 g/mol. The van der Waals surface area contributed by atoms with Gasteiger partial charge in [0.15, 0.2) is 0 Å². The number of pyridine rings is 1. The zero-order valence-electron chi connectivity index (χ0n) is 14.9. The standard InChI is InChI=1S/C20H16N4O2S2/c1-10-7-8-12-15(21)16(28-19(12)23-10)18(26)24-20-14(17(22)25)13(9-27-20)11-5-3-2-4-6-11/h2-9H,21H2,1H3,(H2,22,25)(H,24,26). The molecule has 0 fully saturated rings. The van der Waals surface area contributed by atoms with Gasteiger partial charge >= 0.3 is 0 Å². The molecule has 6 nitrogen and oxygen atoms in total. The Morgan fingerprint density at radius 3 is 2.57 bits per heavy atom. The lowest BCUT2D eigenvalue weighted by Crippen LogP contribution is -2.17. The predicted molar refractivity (Wildman–Crippen MR) is 115 cm³/mol. The number of carbonyl (C=O) groups excluding carboxylic acids is 2. The van der Waals surface area contributed by atoms with Crippen LogP contribution in [0, 0.1) is 6.92 Å². The van der Waals surface area contributed by atoms with E-state index < -0.39 is 5.91 Å². The van der Waals surface area contributed by atoms with Gasteiger partial charge < -0.3 is 16.8 Å². The molecule has 0 aliphatic carbocycles. The van der Waals surface area contributed by atoms with E-state index in [1.807, 2.05) is 54.8 Å². The van der Waals surface area contributed by atoms with Crippen molar-refractivity contribution >= 4 is 55.4 Å². The van der Waals surface area contributed by atoms with Crippen LogP contribution in [0.25, 0.3) is 21.3 Å². The zero-order chi connectivity index (χ0) is 19.8. The molecule has 0 atom stereocenters. The molecule has 3 heterocycles. The van der Waals surface area contributed by atoms with Gasteiger partial charge in [0.2, 0.25) is 0 Å². The summed E-state index contributed by atoms with van der Waals surface area (Å²) in [5, 5.41) is 5.75. The Kier molecular flexibility index (Phi) is 4.58. The Hall–Kier alpha value is -3.23. The fraction of sp³-hybridized carbons (Fsp3) is 0.0500. The van der Waals surface area contributed by atoms with E-state index in [0.29, 0.717) is 31.5 Å². The first kappa shape index (κ1) is 18.1. The lowest BCUT2D eigenvalue weighted by atomic mass is 10.0. The smallest absolute Gasteiger partial charge is 0.268 e. The van der Waals surface area contributed by atoms with E-state index in [9.17, 15) is 9.59 Å². The fourth-order valence-electron chi connectivity index (χ4n) is 2.94. The molecule has 8 heteroatoms. The predicted octanol–water partition coefficient (Wildman–Crippen LogP) is 4.27. The first-order chi connectivity index (χ1) is 13.5. The maximum atomic E-state index is 12.9. The van der Waals surface area contributed by atoms with E-state index in [1.165, 1.54) is 22.7 Å². The molecule has 4 aromatic rings. The lowest BCUT2D eigenvalue weighted by Gasteiger charge is -2.06. The van der Waals surface area contributed by atoms with Crippen LogP contribution in [-0.2, 0) is 0 Å². The summed E-state index contributed by atoms with van der Waals surface area (Å²) in [5.74, 6) is -0.987. The van der Waals surface area contributed by atoms with Crippen molar-refractivity contribution in [2.45, 2.75) is 6.92 Å². The molecule has 0 saturated carbocycles. The Morgan fingerprint density at radius 1 is 1.11 bits per heavy atom. The summed E-state index contributed by atoms with van der Waals surface area (Å²) in [5.41, 5.74) is 14.8. The molecule has 0 unspecified atom stereocenters. The molecule has 140 valence electrons. The molecule has 0 spiro atoms. The van der Waals surface area contributed by atoms with E-state index in [4.69, 9.17) is 11.5 Å². The monoisotopic (exact) mass is 408 g/mol. The van der Waals surface area contributed by atoms with Crippen molar-refractivity contribution in [3.05, 3.63) is 64.0 Å². The van der Waals surface area contributed by atoms with Crippen LogP contribution >= 0.6 is 22.7 Å². The van der Waals surface area contributed by atoms with Crippen molar-refractivity contribution in [2.24, 2.45) is 5.73 Å². The highest BCUT2D eigenvalue weighted by Gasteiger charge is 2.23. The number of anilines is 2. The molecule has 28 heavy (non-hydrogen) atoms. The average molecular weight is 409 g/mol. The molecule has 0 aliphatic heterocycles. The van der Waals surface area contributed by atoms with Crippen molar-refractivity contribution in [2.75, 3.05) is 11.1 Å². The third-order valence-electron chi connectivity index (χ3n) is 4.29. The number of thiophene rings is 2. The molecule has 0 saturated heterocycles. The van der Waals surface area contributed by atoms with Crippen molar-refractivity contribution in [1.29, 1.82) is 0 Å². The highest BCUT2D eigenvalue weighted by atomic mass is 32.1. The number of nitrogens with one attached hydrogen (secondary N) is 1. The molecular formula is C20H16N4O2S2. The number of aromatic nitrogens is 1. The molecule has 0 bridgehead atoms. The number of amides is 2. The SMILES string of the molecule is Cc1ccc2c(N)c(C(=O)Nc3scc(-c4ccccc4)c3C(N)=O)sc2n1. The van der Waals surface area contributed by atoms with Gasteiger partial charge in [-0.05, 0) is 24.6 Å². The molecule has 4 rings (SSSR count). The van der Waals surface area contributed by atoms with Crippen LogP contribution in [0.4, 0.5) is 10.7 Å². The molecule has 5 N–H and O–H groups in total. The first-order valence-electron chi connectivity index (χ1n) is 8.39. The maximum absolute atomic E-state index is 12.9. The van der Waals surface area contributed by atoms with Gasteiger partial charge in [0, 0.05) is 22.0 Å². The van der Waals surface area contributed by atoms with E-state index in [0.717, 1.165) is 16.6 Å². The maximum Gasteiger partial charge on any atom is 0.268 e. The highest BCUT2D eigenvalue weighted by molar-refractivity contribution is 7.21. The number of hydrogen-bond donors (Lipinski definition) is 3. The minimum Gasteiger partial charge on any atom is -0.397 e. The summed E-state index contributed by atoms with van der Waals surface area (Å²) in [6.45, 7) is 1.88. The number of benzene rings is 1. The Bertz CT molecular complexity index is 1210. The van der Waals surface area contributed by atoms with Crippen LogP contribution in [-0.4, -0.2) is 16.8 Å². The third kappa shape index (κ3) is 3.12. The number of nitrogen functional groups attached to an aromatic ring is 1. The van der Waals surface area contributed by atoms with Crippen LogP contribution in [0.2, 0.25) is 0 Å². The fourth-order valence-corrected chi connectivity index (χ4v) is 4.95. The quantitative estimate of drug-likeness (QED) is 0.468. The van der Waals surface area contributed by atoms with Gasteiger partial charge in [-0.25, -0.2) is 4.98 Å². The van der Waals surface area contributed by atoms with Gasteiger partial charge in [0.25, 0.3) is 11.8 Å². The third-order valence-corrected chi connectivity index (χ3v) is 6.30. The van der Waals surface area contributed by atoms with E-state index >= 15 is 0 Å². The number of hydrogen-bond acceptors (Lipinski definition) is 6. The second-order valence-corrected chi connectivity index (χ2v) is 8.07.